The number of amides is 1. The summed E-state index contributed by atoms with van der Waals surface area (Å²) in [7, 11) is 1.59. The van der Waals surface area contributed by atoms with Crippen LogP contribution in [0.15, 0.2) is 24.3 Å². The van der Waals surface area contributed by atoms with Crippen LogP contribution in [-0.2, 0) is 0 Å². The molecule has 0 radical (unpaired) electrons. The predicted molar refractivity (Wildman–Crippen MR) is 59.2 cm³/mol. The fourth-order valence-corrected chi connectivity index (χ4v) is 1.18. The molecule has 16 heavy (non-hydrogen) atoms. The molecule has 82 valence electrons. The van der Waals surface area contributed by atoms with E-state index in [0.717, 1.165) is 0 Å². The van der Waals surface area contributed by atoms with Gasteiger partial charge in [-0.1, -0.05) is 5.92 Å². The van der Waals surface area contributed by atoms with Crippen LogP contribution in [0.25, 0.3) is 0 Å². The second-order valence-corrected chi connectivity index (χ2v) is 3.25. The topological polar surface area (TPSA) is 57.6 Å². The Kier molecular flexibility index (Phi) is 3.67. The number of carboxylic acid groups (broad SMARTS) is 1. The van der Waals surface area contributed by atoms with Crippen LogP contribution in [0, 0.1) is 12.3 Å². The summed E-state index contributed by atoms with van der Waals surface area (Å²) in [6.45, 7) is 0.222. The maximum absolute atomic E-state index is 11.7. The van der Waals surface area contributed by atoms with Crippen LogP contribution in [0.1, 0.15) is 20.7 Å². The van der Waals surface area contributed by atoms with Gasteiger partial charge >= 0.3 is 5.97 Å². The highest BCUT2D eigenvalue weighted by atomic mass is 16.4. The lowest BCUT2D eigenvalue weighted by Gasteiger charge is -2.13. The van der Waals surface area contributed by atoms with Gasteiger partial charge in [0, 0.05) is 12.6 Å². The normalized spacial score (nSPS) is 9.25. The first-order chi connectivity index (χ1) is 7.56. The van der Waals surface area contributed by atoms with Crippen molar-refractivity contribution in [2.24, 2.45) is 0 Å². The standard InChI is InChI=1S/C12H11NO3/c1-3-8-13(2)11(14)9-4-6-10(7-5-9)12(15)16/h1,4-7H,8H2,2H3,(H,15,16). The van der Waals surface area contributed by atoms with E-state index in [4.69, 9.17) is 11.5 Å². The minimum atomic E-state index is -1.02. The number of carbonyl (C=O) groups is 2. The Labute approximate surface area is 93.5 Å². The maximum Gasteiger partial charge on any atom is 0.335 e. The fraction of sp³-hybridized carbons (Fsp3) is 0.167. The Morgan fingerprint density at radius 2 is 1.81 bits per heavy atom. The molecule has 0 aliphatic rings. The minimum absolute atomic E-state index is 0.149. The summed E-state index contributed by atoms with van der Waals surface area (Å²) in [6.07, 6.45) is 5.09. The average molecular weight is 217 g/mol. The summed E-state index contributed by atoms with van der Waals surface area (Å²) in [5, 5.41) is 8.69. The number of carboxylic acids is 1. The van der Waals surface area contributed by atoms with Crippen LogP contribution in [0.5, 0.6) is 0 Å². The Morgan fingerprint density at radius 3 is 2.25 bits per heavy atom. The molecule has 0 spiro atoms. The van der Waals surface area contributed by atoms with E-state index in [1.807, 2.05) is 0 Å². The zero-order chi connectivity index (χ0) is 12.1. The molecule has 0 bridgehead atoms. The van der Waals surface area contributed by atoms with Gasteiger partial charge in [0.25, 0.3) is 5.91 Å². The van der Waals surface area contributed by atoms with Crippen LogP contribution < -0.4 is 0 Å². The molecule has 0 unspecified atom stereocenters. The summed E-state index contributed by atoms with van der Waals surface area (Å²) in [5.74, 6) is 1.11. The van der Waals surface area contributed by atoms with Gasteiger partial charge in [-0.15, -0.1) is 6.42 Å². The smallest absolute Gasteiger partial charge is 0.335 e. The molecule has 4 nitrogen and oxygen atoms in total. The van der Waals surface area contributed by atoms with Crippen molar-refractivity contribution in [1.82, 2.24) is 4.90 Å². The molecule has 1 rings (SSSR count). The first-order valence-corrected chi connectivity index (χ1v) is 4.58. The van der Waals surface area contributed by atoms with Crippen LogP contribution in [0.3, 0.4) is 0 Å². The molecule has 0 saturated carbocycles. The van der Waals surface area contributed by atoms with Crippen LogP contribution >= 0.6 is 0 Å². The predicted octanol–water partition coefficient (Wildman–Crippen LogP) is 1.09. The summed E-state index contributed by atoms with van der Waals surface area (Å²) < 4.78 is 0. The number of hydrogen-bond acceptors (Lipinski definition) is 2. The molecule has 1 aromatic rings. The number of carbonyl (C=O) groups excluding carboxylic acids is 1. The van der Waals surface area contributed by atoms with Crippen molar-refractivity contribution >= 4 is 11.9 Å². The quantitative estimate of drug-likeness (QED) is 0.771. The molecular weight excluding hydrogens is 206 g/mol. The molecule has 0 aliphatic carbocycles. The highest BCUT2D eigenvalue weighted by molar-refractivity contribution is 5.95. The van der Waals surface area contributed by atoms with Gasteiger partial charge in [-0.3, -0.25) is 4.79 Å². The molecule has 4 heteroatoms. The molecule has 0 aromatic heterocycles. The minimum Gasteiger partial charge on any atom is -0.478 e. The number of benzene rings is 1. The zero-order valence-corrected chi connectivity index (χ0v) is 8.80. The van der Waals surface area contributed by atoms with Gasteiger partial charge in [0.05, 0.1) is 12.1 Å². The number of terminal acetylenes is 1. The van der Waals surface area contributed by atoms with E-state index >= 15 is 0 Å². The highest BCUT2D eigenvalue weighted by Gasteiger charge is 2.11. The highest BCUT2D eigenvalue weighted by Crippen LogP contribution is 2.06. The third-order valence-electron chi connectivity index (χ3n) is 2.05. The third kappa shape index (κ3) is 2.61. The van der Waals surface area contributed by atoms with Gasteiger partial charge in [-0.05, 0) is 24.3 Å². The molecular formula is C12H11NO3. The molecule has 1 aromatic carbocycles. The summed E-state index contributed by atoms with van der Waals surface area (Å²) >= 11 is 0. The first-order valence-electron chi connectivity index (χ1n) is 4.58. The van der Waals surface area contributed by atoms with Crippen molar-refractivity contribution < 1.29 is 14.7 Å². The molecule has 0 fully saturated rings. The lowest BCUT2D eigenvalue weighted by molar-refractivity contribution is 0.0695. The van der Waals surface area contributed by atoms with E-state index in [1.165, 1.54) is 29.2 Å². The van der Waals surface area contributed by atoms with E-state index in [9.17, 15) is 9.59 Å². The summed E-state index contributed by atoms with van der Waals surface area (Å²) in [6, 6.07) is 5.72. The van der Waals surface area contributed by atoms with E-state index < -0.39 is 5.97 Å². The Morgan fingerprint density at radius 1 is 1.31 bits per heavy atom. The Bertz CT molecular complexity index is 442. The van der Waals surface area contributed by atoms with Gasteiger partial charge in [0.2, 0.25) is 0 Å². The zero-order valence-electron chi connectivity index (χ0n) is 8.80. The number of aromatic carboxylic acids is 1. The largest absolute Gasteiger partial charge is 0.478 e. The van der Waals surface area contributed by atoms with E-state index in [-0.39, 0.29) is 18.0 Å². The SMILES string of the molecule is C#CCN(C)C(=O)c1ccc(C(=O)O)cc1. The van der Waals surface area contributed by atoms with Crippen LogP contribution in [-0.4, -0.2) is 35.5 Å². The molecule has 0 atom stereocenters. The fourth-order valence-electron chi connectivity index (χ4n) is 1.18. The second-order valence-electron chi connectivity index (χ2n) is 3.25. The van der Waals surface area contributed by atoms with Crippen molar-refractivity contribution in [2.75, 3.05) is 13.6 Å². The molecule has 1 N–H and O–H groups in total. The first kappa shape index (κ1) is 11.8. The van der Waals surface area contributed by atoms with Gasteiger partial charge in [-0.2, -0.15) is 0 Å². The average Bonchev–Trinajstić information content (AvgIpc) is 2.28. The summed E-state index contributed by atoms with van der Waals surface area (Å²) in [4.78, 5) is 23.7. The lowest BCUT2D eigenvalue weighted by Crippen LogP contribution is -2.26. The number of nitrogens with zero attached hydrogens (tertiary/aromatic N) is 1. The molecule has 0 saturated heterocycles. The van der Waals surface area contributed by atoms with Crippen molar-refractivity contribution in [3.63, 3.8) is 0 Å². The molecule has 1 amide bonds. The number of rotatable bonds is 3. The Hall–Kier alpha value is -2.28. The third-order valence-corrected chi connectivity index (χ3v) is 2.05. The van der Waals surface area contributed by atoms with E-state index in [1.54, 1.807) is 7.05 Å². The van der Waals surface area contributed by atoms with Gasteiger partial charge in [0.1, 0.15) is 0 Å². The van der Waals surface area contributed by atoms with Gasteiger partial charge in [-0.25, -0.2) is 4.79 Å². The number of hydrogen-bond donors (Lipinski definition) is 1. The van der Waals surface area contributed by atoms with Crippen molar-refractivity contribution in [3.8, 4) is 12.3 Å². The van der Waals surface area contributed by atoms with E-state index in [0.29, 0.717) is 5.56 Å². The van der Waals surface area contributed by atoms with Gasteiger partial charge in [0.15, 0.2) is 0 Å². The monoisotopic (exact) mass is 217 g/mol. The van der Waals surface area contributed by atoms with E-state index in [2.05, 4.69) is 5.92 Å². The Balaban J connectivity index is 2.86. The van der Waals surface area contributed by atoms with Crippen LogP contribution in [0.4, 0.5) is 0 Å². The lowest BCUT2D eigenvalue weighted by atomic mass is 10.1. The molecule has 0 heterocycles. The second kappa shape index (κ2) is 4.99. The van der Waals surface area contributed by atoms with Gasteiger partial charge < -0.3 is 10.0 Å². The van der Waals surface area contributed by atoms with Crippen LogP contribution in [0.2, 0.25) is 0 Å². The van der Waals surface area contributed by atoms with Crippen molar-refractivity contribution in [2.45, 2.75) is 0 Å². The summed E-state index contributed by atoms with van der Waals surface area (Å²) in [5.41, 5.74) is 0.568. The maximum atomic E-state index is 11.7. The van der Waals surface area contributed by atoms with Crippen molar-refractivity contribution in [1.29, 1.82) is 0 Å². The van der Waals surface area contributed by atoms with Crippen molar-refractivity contribution in [3.05, 3.63) is 35.4 Å². The molecule has 0 aliphatic heterocycles.